The summed E-state index contributed by atoms with van der Waals surface area (Å²) in [5, 5.41) is 24.2. The van der Waals surface area contributed by atoms with Gasteiger partial charge in [-0.25, -0.2) is 19.2 Å². The molecule has 70 heavy (non-hydrogen) atoms. The molecule has 4 aromatic carbocycles. The molecular weight excluding hydrogens is 977 g/mol. The lowest BCUT2D eigenvalue weighted by Crippen LogP contribution is -2.38. The van der Waals surface area contributed by atoms with Gasteiger partial charge in [-0.1, -0.05) is 130 Å². The van der Waals surface area contributed by atoms with Crippen molar-refractivity contribution in [3.63, 3.8) is 0 Å². The molecule has 0 fully saturated rings. The molecule has 0 atom stereocenters. The maximum atomic E-state index is 13.1. The van der Waals surface area contributed by atoms with Crippen LogP contribution in [0.5, 0.6) is 23.0 Å². The number of nitrogens with one attached hydrogen (secondary N) is 2. The van der Waals surface area contributed by atoms with Crippen LogP contribution in [-0.4, -0.2) is 72.5 Å². The van der Waals surface area contributed by atoms with Crippen LogP contribution in [0.4, 0.5) is 9.59 Å². The lowest BCUT2D eigenvalue weighted by Gasteiger charge is -2.28. The van der Waals surface area contributed by atoms with Gasteiger partial charge < -0.3 is 40.6 Å². The van der Waals surface area contributed by atoms with Crippen molar-refractivity contribution in [1.82, 2.24) is 10.6 Å². The number of rotatable bonds is 12. The van der Waals surface area contributed by atoms with E-state index in [1.54, 1.807) is 0 Å². The quantitative estimate of drug-likeness (QED) is 0.0679. The Bertz CT molecular complexity index is 2550. The molecule has 16 nitrogen and oxygen atoms in total. The van der Waals surface area contributed by atoms with E-state index in [9.17, 15) is 39.0 Å². The van der Waals surface area contributed by atoms with Gasteiger partial charge in [-0.15, -0.1) is 0 Å². The Labute approximate surface area is 424 Å². The SMILES string of the molecule is CC(C)(C)c1cc2c(OCC(=O)O)c(c1)Sc1cc(C(C)(C)C)cc(c1OCC(=O)NC(N)=O)Sc1cc(C(C)(C)C)cc(c1OCC(=O)NC(N)=O)Sc1cc(C(C)(C)C)cc(c1OCC(=O)O)S2. The lowest BCUT2D eigenvalue weighted by molar-refractivity contribution is -0.140. The van der Waals surface area contributed by atoms with Gasteiger partial charge in [0.25, 0.3) is 11.8 Å². The number of imide groups is 2. The van der Waals surface area contributed by atoms with E-state index in [0.717, 1.165) is 22.3 Å². The molecule has 8 bridgehead atoms. The van der Waals surface area contributed by atoms with Crippen molar-refractivity contribution in [2.75, 3.05) is 26.4 Å². The molecule has 1 aliphatic rings. The molecule has 0 unspecified atom stereocenters. The topological polar surface area (TPSA) is 256 Å². The van der Waals surface area contributed by atoms with Crippen molar-refractivity contribution in [3.8, 4) is 23.0 Å². The van der Waals surface area contributed by atoms with E-state index in [4.69, 9.17) is 30.4 Å². The molecule has 0 spiro atoms. The highest BCUT2D eigenvalue weighted by Gasteiger charge is 2.31. The van der Waals surface area contributed by atoms with Crippen molar-refractivity contribution in [3.05, 3.63) is 70.8 Å². The zero-order valence-corrected chi connectivity index (χ0v) is 44.5. The third-order valence-electron chi connectivity index (χ3n) is 10.3. The van der Waals surface area contributed by atoms with Crippen molar-refractivity contribution in [1.29, 1.82) is 0 Å². The number of hydrogen-bond donors (Lipinski definition) is 6. The molecule has 0 saturated heterocycles. The number of fused-ring (bicyclic) bond motifs is 8. The summed E-state index contributed by atoms with van der Waals surface area (Å²) < 4.78 is 25.3. The maximum Gasteiger partial charge on any atom is 0.341 e. The zero-order chi connectivity index (χ0) is 52.3. The normalized spacial score (nSPS) is 12.9. The van der Waals surface area contributed by atoms with Gasteiger partial charge in [-0.2, -0.15) is 0 Å². The average Bonchev–Trinajstić information content (AvgIpc) is 3.19. The third kappa shape index (κ3) is 14.7. The number of benzene rings is 4. The second-order valence-electron chi connectivity index (χ2n) is 20.4. The fourth-order valence-electron chi connectivity index (χ4n) is 6.58. The van der Waals surface area contributed by atoms with Gasteiger partial charge in [0.2, 0.25) is 0 Å². The van der Waals surface area contributed by atoms with Crippen LogP contribution in [-0.2, 0) is 40.8 Å². The van der Waals surface area contributed by atoms with E-state index in [2.05, 4.69) is 0 Å². The predicted molar refractivity (Wildman–Crippen MR) is 270 cm³/mol. The Morgan fingerprint density at radius 1 is 0.400 bits per heavy atom. The Morgan fingerprint density at radius 2 is 0.586 bits per heavy atom. The summed E-state index contributed by atoms with van der Waals surface area (Å²) in [6.07, 6.45) is 0. The first-order valence-electron chi connectivity index (χ1n) is 21.9. The van der Waals surface area contributed by atoms with Crippen LogP contribution >= 0.6 is 47.0 Å². The summed E-state index contributed by atoms with van der Waals surface area (Å²) in [5.74, 6) is -3.30. The van der Waals surface area contributed by atoms with Gasteiger partial charge in [0, 0.05) is 0 Å². The molecule has 0 aliphatic carbocycles. The van der Waals surface area contributed by atoms with Crippen LogP contribution in [0.25, 0.3) is 0 Å². The van der Waals surface area contributed by atoms with Gasteiger partial charge in [0.05, 0.1) is 39.2 Å². The Morgan fingerprint density at radius 3 is 0.743 bits per heavy atom. The van der Waals surface area contributed by atoms with Gasteiger partial charge in [0.15, 0.2) is 26.4 Å². The average molecular weight is 1040 g/mol. The highest BCUT2D eigenvalue weighted by atomic mass is 32.2. The van der Waals surface area contributed by atoms with Crippen molar-refractivity contribution >= 4 is 82.9 Å². The monoisotopic (exact) mass is 1040 g/mol. The predicted octanol–water partition coefficient (Wildman–Crippen LogP) is 9.87. The van der Waals surface area contributed by atoms with Crippen LogP contribution in [0, 0.1) is 0 Å². The number of hydrogen-bond acceptors (Lipinski definition) is 14. The van der Waals surface area contributed by atoms with Crippen molar-refractivity contribution in [2.24, 2.45) is 11.5 Å². The number of amides is 6. The minimum absolute atomic E-state index is 0.200. The Hall–Kier alpha value is -5.70. The Balaban J connectivity index is 2.04. The fraction of sp³-hybridized carbons (Fsp3) is 0.400. The highest BCUT2D eigenvalue weighted by molar-refractivity contribution is 8.01. The van der Waals surface area contributed by atoms with E-state index < -0.39 is 83.9 Å². The van der Waals surface area contributed by atoms with Gasteiger partial charge in [-0.05, 0) is 92.4 Å². The number of carboxylic acids is 2. The molecule has 6 amide bonds. The van der Waals surface area contributed by atoms with E-state index >= 15 is 0 Å². The number of carboxylic acid groups (broad SMARTS) is 2. The second-order valence-corrected chi connectivity index (χ2v) is 24.7. The molecule has 0 radical (unpaired) electrons. The fourth-order valence-corrected chi connectivity index (χ4v) is 11.4. The van der Waals surface area contributed by atoms with Crippen molar-refractivity contribution < 1.29 is 57.9 Å². The number of aliphatic carboxylic acids is 2. The number of primary amides is 2. The summed E-state index contributed by atoms with van der Waals surface area (Å²) in [6, 6.07) is 13.1. The molecule has 8 N–H and O–H groups in total. The first-order valence-corrected chi connectivity index (χ1v) is 25.2. The smallest absolute Gasteiger partial charge is 0.341 e. The summed E-state index contributed by atoms with van der Waals surface area (Å²) in [5.41, 5.74) is 12.0. The van der Waals surface area contributed by atoms with Crippen LogP contribution in [0.3, 0.4) is 0 Å². The number of nitrogens with two attached hydrogens (primary N) is 2. The summed E-state index contributed by atoms with van der Waals surface area (Å²) in [7, 11) is 0. The number of carbonyl (C=O) groups excluding carboxylic acids is 4. The standard InChI is InChI=1S/C50H60N4O12S4/c1-47(2,3)25-13-29-41(63-21-37(55)53-45(51)61)31(15-25)68-33-17-27(49(7,8)9)19-35(43(33)65-23-39(57)58)70-36-20-28(50(10,11)12)18-34(44(36)66-24-40(59)60)69-32-16-26(48(4,5)6)14-30(67-29)42(32)64-22-38(56)54-46(52)62/h13-20H,21-24H2,1-12H3,(H,57,58)(H,59,60)(H3,51,53,55,61)(H3,52,54,56,62). The molecular formula is C50H60N4O12S4. The second kappa shape index (κ2) is 21.7. The molecule has 1 aliphatic heterocycles. The van der Waals surface area contributed by atoms with Crippen LogP contribution < -0.4 is 41.0 Å². The highest BCUT2D eigenvalue weighted by Crippen LogP contribution is 2.56. The minimum Gasteiger partial charge on any atom is -0.481 e. The first kappa shape index (κ1) is 55.2. The maximum absolute atomic E-state index is 13.1. The number of carbonyl (C=O) groups is 6. The Kier molecular flexibility index (Phi) is 17.2. The molecule has 376 valence electrons. The van der Waals surface area contributed by atoms with Crippen LogP contribution in [0.1, 0.15) is 105 Å². The minimum atomic E-state index is -1.23. The van der Waals surface area contributed by atoms with Crippen molar-refractivity contribution in [2.45, 2.75) is 144 Å². The molecule has 20 heteroatoms. The van der Waals surface area contributed by atoms with Crippen LogP contribution in [0.2, 0.25) is 0 Å². The van der Waals surface area contributed by atoms with Gasteiger partial charge in [-0.3, -0.25) is 20.2 Å². The molecule has 1 heterocycles. The van der Waals surface area contributed by atoms with E-state index in [1.807, 2.05) is 142 Å². The summed E-state index contributed by atoms with van der Waals surface area (Å²) >= 11 is 4.82. The van der Waals surface area contributed by atoms with E-state index in [1.165, 1.54) is 47.0 Å². The lowest BCUT2D eigenvalue weighted by atomic mass is 9.87. The van der Waals surface area contributed by atoms with E-state index in [-0.39, 0.29) is 23.0 Å². The molecule has 5 rings (SSSR count). The van der Waals surface area contributed by atoms with E-state index in [0.29, 0.717) is 39.2 Å². The van der Waals surface area contributed by atoms with Crippen LogP contribution in [0.15, 0.2) is 87.7 Å². The largest absolute Gasteiger partial charge is 0.481 e. The summed E-state index contributed by atoms with van der Waals surface area (Å²) in [4.78, 5) is 78.2. The first-order chi connectivity index (χ1) is 32.3. The molecule has 4 aromatic rings. The van der Waals surface area contributed by atoms with Gasteiger partial charge >= 0.3 is 24.0 Å². The van der Waals surface area contributed by atoms with Gasteiger partial charge in [0.1, 0.15) is 23.0 Å². The zero-order valence-electron chi connectivity index (χ0n) is 41.2. The molecule has 0 saturated carbocycles. The number of urea groups is 2. The molecule has 0 aromatic heterocycles. The number of ether oxygens (including phenoxy) is 4. The summed E-state index contributed by atoms with van der Waals surface area (Å²) in [6.45, 7) is 21.6. The third-order valence-corrected chi connectivity index (χ3v) is 14.5.